The van der Waals surface area contributed by atoms with Crippen LogP contribution < -0.4 is 5.32 Å². The zero-order chi connectivity index (χ0) is 14.3. The fourth-order valence-electron chi connectivity index (χ4n) is 2.59. The standard InChI is InChI=1S/C12H15ClN4O2S/c1-17-6-7(2-3-9(17)18)14-11-10-8(4-5-20(10)19)15-12(13)16-11/h7H,2-6H2,1H3,(H,14,15,16)/t7?,20-/m0/s1. The van der Waals surface area contributed by atoms with Crippen LogP contribution in [0.5, 0.6) is 0 Å². The fraction of sp³-hybridized carbons (Fsp3) is 0.583. The summed E-state index contributed by atoms with van der Waals surface area (Å²) in [6.07, 6.45) is 1.92. The fourth-order valence-corrected chi connectivity index (χ4v) is 4.09. The van der Waals surface area contributed by atoms with Gasteiger partial charge in [-0.15, -0.1) is 0 Å². The molecule has 0 spiro atoms. The van der Waals surface area contributed by atoms with Gasteiger partial charge in [0.25, 0.3) is 0 Å². The molecule has 6 nitrogen and oxygen atoms in total. The number of carbonyl (C=O) groups is 1. The molecular weight excluding hydrogens is 300 g/mol. The molecule has 3 rings (SSSR count). The summed E-state index contributed by atoms with van der Waals surface area (Å²) in [5.74, 6) is 1.28. The van der Waals surface area contributed by atoms with Gasteiger partial charge < -0.3 is 10.2 Å². The number of fused-ring (bicyclic) bond motifs is 1. The van der Waals surface area contributed by atoms with E-state index in [0.29, 0.717) is 35.9 Å². The Bertz CT molecular complexity index is 595. The van der Waals surface area contributed by atoms with E-state index in [-0.39, 0.29) is 17.2 Å². The maximum atomic E-state index is 12.0. The summed E-state index contributed by atoms with van der Waals surface area (Å²) in [5.41, 5.74) is 0.770. The van der Waals surface area contributed by atoms with E-state index < -0.39 is 10.8 Å². The van der Waals surface area contributed by atoms with Gasteiger partial charge in [-0.3, -0.25) is 9.00 Å². The number of hydrogen-bond acceptors (Lipinski definition) is 5. The van der Waals surface area contributed by atoms with Gasteiger partial charge in [-0.2, -0.15) is 4.98 Å². The molecule has 1 amide bonds. The Morgan fingerprint density at radius 2 is 2.20 bits per heavy atom. The Balaban J connectivity index is 1.85. The lowest BCUT2D eigenvalue weighted by Gasteiger charge is -2.30. The second kappa shape index (κ2) is 5.29. The maximum absolute atomic E-state index is 12.0. The van der Waals surface area contributed by atoms with Crippen LogP contribution in [-0.4, -0.2) is 50.4 Å². The third-order valence-electron chi connectivity index (χ3n) is 3.63. The monoisotopic (exact) mass is 314 g/mol. The van der Waals surface area contributed by atoms with Gasteiger partial charge in [-0.25, -0.2) is 4.98 Å². The quantitative estimate of drug-likeness (QED) is 0.818. The van der Waals surface area contributed by atoms with Gasteiger partial charge >= 0.3 is 0 Å². The van der Waals surface area contributed by atoms with E-state index in [0.717, 1.165) is 12.1 Å². The summed E-state index contributed by atoms with van der Waals surface area (Å²) >= 11 is 5.92. The van der Waals surface area contributed by atoms with Crippen molar-refractivity contribution < 1.29 is 9.00 Å². The van der Waals surface area contributed by atoms with E-state index in [1.54, 1.807) is 11.9 Å². The largest absolute Gasteiger partial charge is 0.364 e. The van der Waals surface area contributed by atoms with Crippen LogP contribution in [0.3, 0.4) is 0 Å². The van der Waals surface area contributed by atoms with E-state index in [1.165, 1.54) is 0 Å². The Labute approximate surface area is 124 Å². The second-order valence-electron chi connectivity index (χ2n) is 5.07. The number of anilines is 1. The average Bonchev–Trinajstić information content (AvgIpc) is 2.75. The van der Waals surface area contributed by atoms with Gasteiger partial charge in [0.1, 0.15) is 10.7 Å². The Morgan fingerprint density at radius 1 is 1.40 bits per heavy atom. The average molecular weight is 315 g/mol. The molecule has 1 N–H and O–H groups in total. The van der Waals surface area contributed by atoms with Gasteiger partial charge in [-0.1, -0.05) is 0 Å². The van der Waals surface area contributed by atoms with Gasteiger partial charge in [0.05, 0.1) is 16.5 Å². The molecule has 2 aliphatic rings. The smallest absolute Gasteiger partial charge is 0.224 e. The lowest BCUT2D eigenvalue weighted by molar-refractivity contribution is -0.132. The summed E-state index contributed by atoms with van der Waals surface area (Å²) in [6.45, 7) is 0.613. The number of hydrogen-bond donors (Lipinski definition) is 1. The molecule has 2 aliphatic heterocycles. The molecule has 8 heteroatoms. The first-order valence-corrected chi connectivity index (χ1v) is 8.19. The third kappa shape index (κ3) is 2.52. The SMILES string of the molecule is CN1CC(Nc2nc(Cl)nc3c2[S@@](=O)CC3)CCC1=O. The number of likely N-dealkylation sites (N-methyl/N-ethyl adjacent to an activating group) is 1. The van der Waals surface area contributed by atoms with E-state index in [1.807, 2.05) is 0 Å². The van der Waals surface area contributed by atoms with Crippen molar-refractivity contribution in [1.82, 2.24) is 14.9 Å². The van der Waals surface area contributed by atoms with E-state index in [9.17, 15) is 9.00 Å². The molecule has 20 heavy (non-hydrogen) atoms. The molecule has 3 heterocycles. The topological polar surface area (TPSA) is 75.2 Å². The lowest BCUT2D eigenvalue weighted by Crippen LogP contribution is -2.43. The van der Waals surface area contributed by atoms with Crippen LogP contribution in [0, 0.1) is 0 Å². The molecule has 2 atom stereocenters. The summed E-state index contributed by atoms with van der Waals surface area (Å²) in [4.78, 5) is 22.2. The Hall–Kier alpha value is -1.21. The van der Waals surface area contributed by atoms with Crippen molar-refractivity contribution >= 4 is 34.1 Å². The minimum atomic E-state index is -1.06. The molecule has 0 aliphatic carbocycles. The molecule has 0 aromatic carbocycles. The predicted molar refractivity (Wildman–Crippen MR) is 76.3 cm³/mol. The number of carbonyl (C=O) groups excluding carboxylic acids is 1. The van der Waals surface area contributed by atoms with Crippen molar-refractivity contribution in [3.05, 3.63) is 11.0 Å². The zero-order valence-electron chi connectivity index (χ0n) is 11.1. The van der Waals surface area contributed by atoms with Crippen LogP contribution in [0.4, 0.5) is 5.82 Å². The predicted octanol–water partition coefficient (Wildman–Crippen LogP) is 0.826. The van der Waals surface area contributed by atoms with E-state index in [2.05, 4.69) is 15.3 Å². The van der Waals surface area contributed by atoms with Crippen molar-refractivity contribution in [2.24, 2.45) is 0 Å². The van der Waals surface area contributed by atoms with Gasteiger partial charge in [-0.05, 0) is 18.0 Å². The molecule has 0 saturated carbocycles. The molecule has 0 bridgehead atoms. The summed E-state index contributed by atoms with van der Waals surface area (Å²) in [6, 6.07) is 0.102. The van der Waals surface area contributed by atoms with Crippen molar-refractivity contribution in [3.8, 4) is 0 Å². The number of amides is 1. The molecule has 1 fully saturated rings. The Kier molecular flexibility index (Phi) is 3.64. The van der Waals surface area contributed by atoms with Gasteiger partial charge in [0, 0.05) is 38.2 Å². The van der Waals surface area contributed by atoms with Crippen LogP contribution in [0.1, 0.15) is 18.5 Å². The van der Waals surface area contributed by atoms with Crippen LogP contribution in [-0.2, 0) is 22.0 Å². The Morgan fingerprint density at radius 3 is 2.95 bits per heavy atom. The highest BCUT2D eigenvalue weighted by Crippen LogP contribution is 2.30. The van der Waals surface area contributed by atoms with Crippen molar-refractivity contribution in [3.63, 3.8) is 0 Å². The second-order valence-corrected chi connectivity index (χ2v) is 6.92. The van der Waals surface area contributed by atoms with Crippen molar-refractivity contribution in [2.75, 3.05) is 24.7 Å². The van der Waals surface area contributed by atoms with Crippen LogP contribution in [0.25, 0.3) is 0 Å². The van der Waals surface area contributed by atoms with Crippen LogP contribution >= 0.6 is 11.6 Å². The number of halogens is 1. The minimum Gasteiger partial charge on any atom is -0.364 e. The first-order valence-electron chi connectivity index (χ1n) is 6.50. The molecule has 108 valence electrons. The first kappa shape index (κ1) is 13.8. The van der Waals surface area contributed by atoms with Gasteiger partial charge in [0.15, 0.2) is 0 Å². The number of nitrogens with one attached hydrogen (secondary N) is 1. The van der Waals surface area contributed by atoms with E-state index in [4.69, 9.17) is 11.6 Å². The number of aromatic nitrogens is 2. The lowest BCUT2D eigenvalue weighted by atomic mass is 10.1. The minimum absolute atomic E-state index is 0.102. The molecule has 1 unspecified atom stereocenters. The normalized spacial score (nSPS) is 25.7. The number of likely N-dealkylation sites (tertiary alicyclic amines) is 1. The highest BCUT2D eigenvalue weighted by atomic mass is 35.5. The van der Waals surface area contributed by atoms with Crippen LogP contribution in [0.2, 0.25) is 5.28 Å². The molecule has 1 saturated heterocycles. The summed E-state index contributed by atoms with van der Waals surface area (Å²) < 4.78 is 12.0. The third-order valence-corrected chi connectivity index (χ3v) is 5.26. The number of nitrogens with zero attached hydrogens (tertiary/aromatic N) is 3. The number of aryl methyl sites for hydroxylation is 1. The van der Waals surface area contributed by atoms with Gasteiger partial charge in [0.2, 0.25) is 11.2 Å². The molecule has 1 aromatic heterocycles. The highest BCUT2D eigenvalue weighted by molar-refractivity contribution is 7.85. The number of piperidine rings is 1. The zero-order valence-corrected chi connectivity index (χ0v) is 12.6. The molecule has 0 radical (unpaired) electrons. The van der Waals surface area contributed by atoms with Crippen molar-refractivity contribution in [2.45, 2.75) is 30.2 Å². The summed E-state index contributed by atoms with van der Waals surface area (Å²) in [7, 11) is 0.719. The summed E-state index contributed by atoms with van der Waals surface area (Å²) in [5, 5.41) is 3.45. The van der Waals surface area contributed by atoms with Crippen LogP contribution in [0.15, 0.2) is 4.90 Å². The maximum Gasteiger partial charge on any atom is 0.224 e. The molecule has 1 aromatic rings. The first-order chi connectivity index (χ1) is 9.54. The molecular formula is C12H15ClN4O2S. The van der Waals surface area contributed by atoms with Crippen molar-refractivity contribution in [1.29, 1.82) is 0 Å². The van der Waals surface area contributed by atoms with E-state index >= 15 is 0 Å². The number of rotatable bonds is 2. The highest BCUT2D eigenvalue weighted by Gasteiger charge is 2.29.